The van der Waals surface area contributed by atoms with Crippen molar-refractivity contribution in [2.24, 2.45) is 5.73 Å². The van der Waals surface area contributed by atoms with Crippen molar-refractivity contribution in [1.29, 1.82) is 0 Å². The number of ether oxygens (including phenoxy) is 1. The minimum atomic E-state index is -0.448. The molecule has 0 saturated carbocycles. The minimum absolute atomic E-state index is 0.0646. The van der Waals surface area contributed by atoms with E-state index in [-0.39, 0.29) is 11.4 Å². The van der Waals surface area contributed by atoms with Gasteiger partial charge in [-0.2, -0.15) is 0 Å². The van der Waals surface area contributed by atoms with Crippen molar-refractivity contribution < 1.29 is 9.66 Å². The molecule has 0 spiro atoms. The smallest absolute Gasteiger partial charge is 0.333 e. The van der Waals surface area contributed by atoms with Gasteiger partial charge in [-0.3, -0.25) is 10.1 Å². The van der Waals surface area contributed by atoms with Crippen LogP contribution in [0.25, 0.3) is 0 Å². The van der Waals surface area contributed by atoms with Gasteiger partial charge in [-0.25, -0.2) is 0 Å². The van der Waals surface area contributed by atoms with E-state index in [2.05, 4.69) is 5.32 Å². The van der Waals surface area contributed by atoms with Gasteiger partial charge in [0.25, 0.3) is 0 Å². The van der Waals surface area contributed by atoms with Crippen LogP contribution in [0.4, 0.5) is 11.4 Å². The van der Waals surface area contributed by atoms with Crippen molar-refractivity contribution in [3.63, 3.8) is 0 Å². The number of hydrogen-bond acceptors (Lipinski definition) is 5. The number of nitro groups is 1. The summed E-state index contributed by atoms with van der Waals surface area (Å²) in [6.45, 7) is 0.888. The van der Waals surface area contributed by atoms with Gasteiger partial charge in [0.05, 0.1) is 12.0 Å². The highest BCUT2D eigenvalue weighted by Crippen LogP contribution is 2.34. The zero-order valence-corrected chi connectivity index (χ0v) is 11.7. The van der Waals surface area contributed by atoms with Crippen molar-refractivity contribution in [1.82, 2.24) is 0 Å². The molecule has 0 amide bonds. The number of para-hydroxylation sites is 1. The molecule has 6 nitrogen and oxygen atoms in total. The second-order valence-corrected chi connectivity index (χ2v) is 4.44. The highest BCUT2D eigenvalue weighted by Gasteiger charge is 2.20. The normalized spacial score (nSPS) is 10.2. The molecule has 110 valence electrons. The third-order valence-corrected chi connectivity index (χ3v) is 3.21. The molecule has 0 bridgehead atoms. The summed E-state index contributed by atoms with van der Waals surface area (Å²) in [5, 5.41) is 14.3. The van der Waals surface area contributed by atoms with E-state index in [0.29, 0.717) is 18.8 Å². The Hall–Kier alpha value is -2.60. The van der Waals surface area contributed by atoms with E-state index >= 15 is 0 Å². The Morgan fingerprint density at radius 2 is 1.90 bits per heavy atom. The fourth-order valence-corrected chi connectivity index (χ4v) is 2.14. The molecule has 0 fully saturated rings. The lowest BCUT2D eigenvalue weighted by Gasteiger charge is -2.11. The summed E-state index contributed by atoms with van der Waals surface area (Å²) in [5.41, 5.74) is 8.07. The van der Waals surface area contributed by atoms with Gasteiger partial charge in [-0.05, 0) is 23.3 Å². The van der Waals surface area contributed by atoms with Crippen LogP contribution >= 0.6 is 0 Å². The van der Waals surface area contributed by atoms with Crippen LogP contribution in [0.3, 0.4) is 0 Å². The number of nitrogens with one attached hydrogen (secondary N) is 1. The largest absolute Gasteiger partial charge is 0.490 e. The third-order valence-electron chi connectivity index (χ3n) is 3.21. The quantitative estimate of drug-likeness (QED) is 0.629. The highest BCUT2D eigenvalue weighted by atomic mass is 16.6. The highest BCUT2D eigenvalue weighted by molar-refractivity contribution is 5.68. The Morgan fingerprint density at radius 1 is 1.19 bits per heavy atom. The van der Waals surface area contributed by atoms with Gasteiger partial charge in [0.15, 0.2) is 5.75 Å². The van der Waals surface area contributed by atoms with Crippen LogP contribution in [-0.2, 0) is 13.1 Å². The predicted octanol–water partition coefficient (Wildman–Crippen LogP) is 2.67. The van der Waals surface area contributed by atoms with E-state index in [9.17, 15) is 10.1 Å². The van der Waals surface area contributed by atoms with Gasteiger partial charge < -0.3 is 15.8 Å². The molecule has 3 N–H and O–H groups in total. The molecule has 2 rings (SSSR count). The average molecular weight is 287 g/mol. The molecule has 0 aliphatic rings. The van der Waals surface area contributed by atoms with Crippen molar-refractivity contribution >= 4 is 11.4 Å². The van der Waals surface area contributed by atoms with Gasteiger partial charge in [0.2, 0.25) is 0 Å². The number of nitrogens with two attached hydrogens (primary N) is 1. The molecule has 0 aromatic heterocycles. The van der Waals surface area contributed by atoms with E-state index in [1.807, 2.05) is 24.3 Å². The van der Waals surface area contributed by atoms with Crippen LogP contribution in [0.15, 0.2) is 42.5 Å². The standard InChI is InChI=1S/C15H17N3O3/c1-21-14-8-4-7-13(15(14)18(19)20)17-10-12-6-3-2-5-11(12)9-16/h2-8,17H,9-10,16H2,1H3. The van der Waals surface area contributed by atoms with E-state index in [4.69, 9.17) is 10.5 Å². The Morgan fingerprint density at radius 3 is 2.52 bits per heavy atom. The lowest BCUT2D eigenvalue weighted by Crippen LogP contribution is -2.07. The number of rotatable bonds is 6. The first-order valence-electron chi connectivity index (χ1n) is 6.49. The van der Waals surface area contributed by atoms with Gasteiger partial charge in [0.1, 0.15) is 5.69 Å². The molecule has 6 heteroatoms. The SMILES string of the molecule is COc1cccc(NCc2ccccc2CN)c1[N+](=O)[O-]. The van der Waals surface area contributed by atoms with E-state index < -0.39 is 4.92 Å². The minimum Gasteiger partial charge on any atom is -0.490 e. The summed E-state index contributed by atoms with van der Waals surface area (Å²) in [5.74, 6) is 0.233. The monoisotopic (exact) mass is 287 g/mol. The van der Waals surface area contributed by atoms with Gasteiger partial charge >= 0.3 is 5.69 Å². The van der Waals surface area contributed by atoms with Crippen LogP contribution in [0.5, 0.6) is 5.75 Å². The molecule has 0 aliphatic heterocycles. The first-order valence-corrected chi connectivity index (χ1v) is 6.49. The van der Waals surface area contributed by atoms with Crippen molar-refractivity contribution in [2.75, 3.05) is 12.4 Å². The molecular weight excluding hydrogens is 270 g/mol. The zero-order chi connectivity index (χ0) is 15.2. The second-order valence-electron chi connectivity index (χ2n) is 4.44. The van der Waals surface area contributed by atoms with E-state index in [1.54, 1.807) is 18.2 Å². The van der Waals surface area contributed by atoms with Gasteiger partial charge in [0, 0.05) is 13.1 Å². The predicted molar refractivity (Wildman–Crippen MR) is 81.3 cm³/mol. The molecule has 0 radical (unpaired) electrons. The van der Waals surface area contributed by atoms with Crippen LogP contribution in [-0.4, -0.2) is 12.0 Å². The maximum absolute atomic E-state index is 11.2. The summed E-state index contributed by atoms with van der Waals surface area (Å²) in [6, 6.07) is 12.7. The number of hydrogen-bond donors (Lipinski definition) is 2. The lowest BCUT2D eigenvalue weighted by atomic mass is 10.1. The number of nitro benzene ring substituents is 1. The summed E-state index contributed by atoms with van der Waals surface area (Å²) < 4.78 is 5.04. The van der Waals surface area contributed by atoms with Crippen LogP contribution in [0.2, 0.25) is 0 Å². The average Bonchev–Trinajstić information content (AvgIpc) is 2.52. The molecular formula is C15H17N3O3. The second kappa shape index (κ2) is 6.71. The lowest BCUT2D eigenvalue weighted by molar-refractivity contribution is -0.384. The summed E-state index contributed by atoms with van der Waals surface area (Å²) in [4.78, 5) is 10.8. The molecule has 21 heavy (non-hydrogen) atoms. The Balaban J connectivity index is 2.26. The van der Waals surface area contributed by atoms with Crippen molar-refractivity contribution in [3.8, 4) is 5.75 Å². The molecule has 2 aromatic rings. The molecule has 0 heterocycles. The number of nitrogens with zero attached hydrogens (tertiary/aromatic N) is 1. The topological polar surface area (TPSA) is 90.4 Å². The summed E-state index contributed by atoms with van der Waals surface area (Å²) in [7, 11) is 1.41. The number of methoxy groups -OCH3 is 1. The molecule has 0 saturated heterocycles. The number of anilines is 1. The Labute approximate surface area is 122 Å². The number of benzene rings is 2. The van der Waals surface area contributed by atoms with E-state index in [0.717, 1.165) is 11.1 Å². The molecule has 2 aromatic carbocycles. The fraction of sp³-hybridized carbons (Fsp3) is 0.200. The third kappa shape index (κ3) is 3.29. The fourth-order valence-electron chi connectivity index (χ4n) is 2.14. The van der Waals surface area contributed by atoms with Gasteiger partial charge in [-0.1, -0.05) is 30.3 Å². The first kappa shape index (κ1) is 14.8. The van der Waals surface area contributed by atoms with Crippen molar-refractivity contribution in [2.45, 2.75) is 13.1 Å². The maximum Gasteiger partial charge on any atom is 0.333 e. The Bertz CT molecular complexity index is 644. The van der Waals surface area contributed by atoms with Crippen molar-refractivity contribution in [3.05, 3.63) is 63.7 Å². The molecule has 0 unspecified atom stereocenters. The van der Waals surface area contributed by atoms with Crippen LogP contribution in [0, 0.1) is 10.1 Å². The molecule has 0 aliphatic carbocycles. The van der Waals surface area contributed by atoms with E-state index in [1.165, 1.54) is 7.11 Å². The van der Waals surface area contributed by atoms with Crippen LogP contribution < -0.4 is 15.8 Å². The van der Waals surface area contributed by atoms with Crippen LogP contribution in [0.1, 0.15) is 11.1 Å². The van der Waals surface area contributed by atoms with Gasteiger partial charge in [-0.15, -0.1) is 0 Å². The Kier molecular flexibility index (Phi) is 4.73. The first-order chi connectivity index (χ1) is 10.2. The zero-order valence-electron chi connectivity index (χ0n) is 11.7. The summed E-state index contributed by atoms with van der Waals surface area (Å²) >= 11 is 0. The maximum atomic E-state index is 11.2. The summed E-state index contributed by atoms with van der Waals surface area (Å²) in [6.07, 6.45) is 0. The molecule has 0 atom stereocenters.